The standard InChI is InChI=1S/C20H19F4NO4/c1-27-16-6-4-13(18(28-2)19(16)29-3)5-7-17(26)25-11-12-8-14(20(22,23)24)10-15(21)9-12/h4-10H,11H2,1-3H3,(H,25,26)/b7-5-. The lowest BCUT2D eigenvalue weighted by molar-refractivity contribution is -0.137. The summed E-state index contributed by atoms with van der Waals surface area (Å²) in [6.07, 6.45) is -2.05. The monoisotopic (exact) mass is 413 g/mol. The summed E-state index contributed by atoms with van der Waals surface area (Å²) in [6, 6.07) is 5.38. The van der Waals surface area contributed by atoms with Gasteiger partial charge in [0.25, 0.3) is 0 Å². The molecule has 0 aliphatic carbocycles. The van der Waals surface area contributed by atoms with Crippen molar-refractivity contribution in [1.82, 2.24) is 5.32 Å². The van der Waals surface area contributed by atoms with Crippen LogP contribution in [0.4, 0.5) is 17.6 Å². The summed E-state index contributed by atoms with van der Waals surface area (Å²) in [7, 11) is 4.34. The molecular formula is C20H19F4NO4. The molecule has 2 aromatic carbocycles. The third-order valence-electron chi connectivity index (χ3n) is 3.90. The van der Waals surface area contributed by atoms with Gasteiger partial charge in [0.1, 0.15) is 5.82 Å². The maximum atomic E-state index is 13.4. The van der Waals surface area contributed by atoms with E-state index in [2.05, 4.69) is 5.32 Å². The summed E-state index contributed by atoms with van der Waals surface area (Å²) in [5, 5.41) is 2.41. The molecule has 0 aromatic heterocycles. The highest BCUT2D eigenvalue weighted by atomic mass is 19.4. The first kappa shape index (κ1) is 22.1. The van der Waals surface area contributed by atoms with Crippen molar-refractivity contribution in [1.29, 1.82) is 0 Å². The summed E-state index contributed by atoms with van der Waals surface area (Å²) in [6.45, 7) is -0.271. The Morgan fingerprint density at radius 1 is 1.03 bits per heavy atom. The summed E-state index contributed by atoms with van der Waals surface area (Å²) in [4.78, 5) is 12.0. The first-order valence-corrected chi connectivity index (χ1v) is 8.31. The van der Waals surface area contributed by atoms with Crippen molar-refractivity contribution in [2.75, 3.05) is 21.3 Å². The number of alkyl halides is 3. The number of carbonyl (C=O) groups is 1. The Balaban J connectivity index is 2.12. The lowest BCUT2D eigenvalue weighted by Gasteiger charge is -2.14. The minimum Gasteiger partial charge on any atom is -0.493 e. The van der Waals surface area contributed by atoms with Gasteiger partial charge in [0.05, 0.1) is 26.9 Å². The minimum atomic E-state index is -4.68. The van der Waals surface area contributed by atoms with E-state index in [1.165, 1.54) is 33.5 Å². The van der Waals surface area contributed by atoms with Crippen LogP contribution in [0, 0.1) is 5.82 Å². The molecule has 0 saturated carbocycles. The number of rotatable bonds is 7. The third kappa shape index (κ3) is 5.63. The number of benzene rings is 2. The zero-order chi connectivity index (χ0) is 21.6. The van der Waals surface area contributed by atoms with Crippen molar-refractivity contribution in [3.8, 4) is 17.2 Å². The molecule has 1 N–H and O–H groups in total. The van der Waals surface area contributed by atoms with Gasteiger partial charge in [0.15, 0.2) is 11.5 Å². The van der Waals surface area contributed by atoms with Crippen LogP contribution < -0.4 is 19.5 Å². The Morgan fingerprint density at radius 2 is 1.72 bits per heavy atom. The highest BCUT2D eigenvalue weighted by Gasteiger charge is 2.31. The van der Waals surface area contributed by atoms with Crippen LogP contribution in [0.25, 0.3) is 6.08 Å². The van der Waals surface area contributed by atoms with E-state index in [1.807, 2.05) is 0 Å². The van der Waals surface area contributed by atoms with Crippen LogP contribution in [0.15, 0.2) is 36.4 Å². The molecule has 0 heterocycles. The summed E-state index contributed by atoms with van der Waals surface area (Å²) >= 11 is 0. The number of methoxy groups -OCH3 is 3. The molecule has 0 aliphatic heterocycles. The third-order valence-corrected chi connectivity index (χ3v) is 3.90. The maximum absolute atomic E-state index is 13.4. The van der Waals surface area contributed by atoms with E-state index in [0.717, 1.165) is 12.1 Å². The Kier molecular flexibility index (Phi) is 7.08. The average molecular weight is 413 g/mol. The minimum absolute atomic E-state index is 0.0113. The smallest absolute Gasteiger partial charge is 0.416 e. The molecule has 156 valence electrons. The Bertz CT molecular complexity index is 910. The molecule has 0 saturated heterocycles. The van der Waals surface area contributed by atoms with Crippen molar-refractivity contribution in [2.45, 2.75) is 12.7 Å². The van der Waals surface area contributed by atoms with E-state index in [0.29, 0.717) is 28.9 Å². The maximum Gasteiger partial charge on any atom is 0.416 e. The van der Waals surface area contributed by atoms with E-state index < -0.39 is 23.5 Å². The fourth-order valence-electron chi connectivity index (χ4n) is 2.59. The van der Waals surface area contributed by atoms with Crippen LogP contribution in [0.2, 0.25) is 0 Å². The molecule has 0 spiro atoms. The molecule has 29 heavy (non-hydrogen) atoms. The fraction of sp³-hybridized carbons (Fsp3) is 0.250. The van der Waals surface area contributed by atoms with E-state index in [9.17, 15) is 22.4 Å². The summed E-state index contributed by atoms with van der Waals surface area (Å²) in [5.74, 6) is -0.486. The predicted octanol–water partition coefficient (Wildman–Crippen LogP) is 4.20. The van der Waals surface area contributed by atoms with Gasteiger partial charge < -0.3 is 19.5 Å². The Labute approximate surface area is 164 Å². The van der Waals surface area contributed by atoms with Crippen LogP contribution in [-0.2, 0) is 17.5 Å². The summed E-state index contributed by atoms with van der Waals surface area (Å²) < 4.78 is 67.4. The second kappa shape index (κ2) is 9.31. The average Bonchev–Trinajstić information content (AvgIpc) is 2.68. The first-order chi connectivity index (χ1) is 13.7. The Morgan fingerprint density at radius 3 is 2.31 bits per heavy atom. The highest BCUT2D eigenvalue weighted by molar-refractivity contribution is 5.92. The van der Waals surface area contributed by atoms with E-state index in [4.69, 9.17) is 14.2 Å². The SMILES string of the molecule is COc1ccc(/C=C\C(=O)NCc2cc(F)cc(C(F)(F)F)c2)c(OC)c1OC. The van der Waals surface area contributed by atoms with Crippen molar-refractivity contribution >= 4 is 12.0 Å². The fourth-order valence-corrected chi connectivity index (χ4v) is 2.59. The van der Waals surface area contributed by atoms with Crippen LogP contribution in [0.1, 0.15) is 16.7 Å². The van der Waals surface area contributed by atoms with Gasteiger partial charge >= 0.3 is 6.18 Å². The molecule has 1 amide bonds. The molecule has 0 radical (unpaired) electrons. The predicted molar refractivity (Wildman–Crippen MR) is 98.4 cm³/mol. The number of ether oxygens (including phenoxy) is 3. The highest BCUT2D eigenvalue weighted by Crippen LogP contribution is 2.40. The van der Waals surface area contributed by atoms with Crippen LogP contribution >= 0.6 is 0 Å². The van der Waals surface area contributed by atoms with Crippen molar-refractivity contribution in [2.24, 2.45) is 0 Å². The van der Waals surface area contributed by atoms with Crippen molar-refractivity contribution in [3.05, 3.63) is 58.9 Å². The van der Waals surface area contributed by atoms with Crippen molar-refractivity contribution in [3.63, 3.8) is 0 Å². The Hall–Kier alpha value is -3.23. The first-order valence-electron chi connectivity index (χ1n) is 8.31. The normalized spacial score (nSPS) is 11.4. The zero-order valence-electron chi connectivity index (χ0n) is 15.9. The van der Waals surface area contributed by atoms with E-state index in [1.54, 1.807) is 12.1 Å². The van der Waals surface area contributed by atoms with Gasteiger partial charge in [0.2, 0.25) is 11.7 Å². The van der Waals surface area contributed by atoms with Gasteiger partial charge in [-0.25, -0.2) is 4.39 Å². The molecule has 2 aromatic rings. The van der Waals surface area contributed by atoms with Gasteiger partial charge in [-0.1, -0.05) is 0 Å². The number of hydrogen-bond donors (Lipinski definition) is 1. The molecule has 9 heteroatoms. The number of carbonyl (C=O) groups excluding carboxylic acids is 1. The van der Waals surface area contributed by atoms with Gasteiger partial charge in [0, 0.05) is 18.2 Å². The molecule has 0 aliphatic rings. The molecule has 0 fully saturated rings. The zero-order valence-corrected chi connectivity index (χ0v) is 15.9. The van der Waals surface area contributed by atoms with Crippen LogP contribution in [0.5, 0.6) is 17.2 Å². The number of nitrogens with one attached hydrogen (secondary N) is 1. The largest absolute Gasteiger partial charge is 0.493 e. The number of hydrogen-bond acceptors (Lipinski definition) is 4. The molecule has 0 bridgehead atoms. The van der Waals surface area contributed by atoms with Gasteiger partial charge in [-0.2, -0.15) is 13.2 Å². The van der Waals surface area contributed by atoms with Crippen LogP contribution in [-0.4, -0.2) is 27.2 Å². The number of halogens is 4. The van der Waals surface area contributed by atoms with Crippen molar-refractivity contribution < 1.29 is 36.6 Å². The molecular weight excluding hydrogens is 394 g/mol. The van der Waals surface area contributed by atoms with Gasteiger partial charge in [-0.3, -0.25) is 4.79 Å². The lowest BCUT2D eigenvalue weighted by atomic mass is 10.1. The second-order valence-corrected chi connectivity index (χ2v) is 5.82. The summed E-state index contributed by atoms with van der Waals surface area (Å²) in [5.41, 5.74) is -0.611. The topological polar surface area (TPSA) is 56.8 Å². The second-order valence-electron chi connectivity index (χ2n) is 5.82. The molecule has 5 nitrogen and oxygen atoms in total. The quantitative estimate of drug-likeness (QED) is 0.546. The lowest BCUT2D eigenvalue weighted by Crippen LogP contribution is -2.20. The van der Waals surface area contributed by atoms with Gasteiger partial charge in [-0.05, 0) is 42.0 Å². The molecule has 0 unspecified atom stereocenters. The molecule has 2 rings (SSSR count). The van der Waals surface area contributed by atoms with Crippen LogP contribution in [0.3, 0.4) is 0 Å². The van der Waals surface area contributed by atoms with Gasteiger partial charge in [-0.15, -0.1) is 0 Å². The number of amides is 1. The van der Waals surface area contributed by atoms with E-state index in [-0.39, 0.29) is 12.1 Å². The van der Waals surface area contributed by atoms with E-state index >= 15 is 0 Å². The molecule has 0 atom stereocenters.